The minimum Gasteiger partial charge on any atom is -0.444 e. The minimum absolute atomic E-state index is 0.137. The van der Waals surface area contributed by atoms with E-state index in [0.29, 0.717) is 53.7 Å². The number of fused-ring (bicyclic) bond motifs is 1. The van der Waals surface area contributed by atoms with Gasteiger partial charge in [-0.25, -0.2) is 14.2 Å². The molecule has 3 heterocycles. The molecule has 2 amide bonds. The number of aromatic amines is 1. The molecule has 222 valence electrons. The van der Waals surface area contributed by atoms with E-state index in [0.717, 1.165) is 25.7 Å². The number of morpholine rings is 1. The number of aromatic nitrogens is 3. The van der Waals surface area contributed by atoms with Crippen LogP contribution in [0.2, 0.25) is 0 Å². The number of hydrogen-bond acceptors (Lipinski definition) is 7. The first-order chi connectivity index (χ1) is 19.6. The predicted molar refractivity (Wildman–Crippen MR) is 150 cm³/mol. The summed E-state index contributed by atoms with van der Waals surface area (Å²) in [6.07, 6.45) is 5.35. The zero-order chi connectivity index (χ0) is 29.3. The number of nitrogens with one attached hydrogen (secondary N) is 2. The van der Waals surface area contributed by atoms with E-state index in [-0.39, 0.29) is 23.9 Å². The smallest absolute Gasteiger partial charge is 0.410 e. The van der Waals surface area contributed by atoms with Gasteiger partial charge in [0.15, 0.2) is 5.82 Å². The van der Waals surface area contributed by atoms with Crippen LogP contribution in [0.5, 0.6) is 0 Å². The minimum atomic E-state index is -0.680. The summed E-state index contributed by atoms with van der Waals surface area (Å²) in [5, 5.41) is 7.09. The highest BCUT2D eigenvalue weighted by Crippen LogP contribution is 2.38. The molecule has 1 aliphatic heterocycles. The van der Waals surface area contributed by atoms with Crippen LogP contribution in [0.3, 0.4) is 0 Å². The Morgan fingerprint density at radius 3 is 2.71 bits per heavy atom. The molecule has 0 bridgehead atoms. The van der Waals surface area contributed by atoms with Crippen LogP contribution in [-0.4, -0.2) is 57.4 Å². The Morgan fingerprint density at radius 2 is 2.00 bits per heavy atom. The standard InChI is InChI=1S/C30H40FN5O5/c1-6-21-20(15-40-35-21)28(37)34-25(18-9-7-17(2)8-10-18)27-32-22-12-11-19(24(31)26(22)33-27)23-16-39-14-13-36(23)29(38)41-30(3,4)5/h11-12,15,17-18,23,25H,6-10,13-14,16H2,1-5H3,(H,32,33)(H,34,37)/t17?,18?,23-,25?/m1/s1. The van der Waals surface area contributed by atoms with Crippen molar-refractivity contribution in [2.75, 3.05) is 19.8 Å². The molecule has 3 aromatic rings. The van der Waals surface area contributed by atoms with E-state index in [1.165, 1.54) is 11.2 Å². The summed E-state index contributed by atoms with van der Waals surface area (Å²) in [4.78, 5) is 35.8. The number of imidazole rings is 1. The summed E-state index contributed by atoms with van der Waals surface area (Å²) in [6, 6.07) is 2.33. The fraction of sp³-hybridized carbons (Fsp3) is 0.600. The maximum Gasteiger partial charge on any atom is 0.410 e. The van der Waals surface area contributed by atoms with Crippen LogP contribution >= 0.6 is 0 Å². The fourth-order valence-corrected chi connectivity index (χ4v) is 5.83. The largest absolute Gasteiger partial charge is 0.444 e. The molecule has 2 aromatic heterocycles. The van der Waals surface area contributed by atoms with Crippen molar-refractivity contribution in [3.05, 3.63) is 46.9 Å². The Morgan fingerprint density at radius 1 is 1.24 bits per heavy atom. The molecule has 10 nitrogen and oxygen atoms in total. The molecule has 1 saturated heterocycles. The lowest BCUT2D eigenvalue weighted by Gasteiger charge is -2.36. The first kappa shape index (κ1) is 29.0. The summed E-state index contributed by atoms with van der Waals surface area (Å²) in [5.41, 5.74) is 1.29. The monoisotopic (exact) mass is 569 g/mol. The van der Waals surface area contributed by atoms with Crippen LogP contribution in [0.4, 0.5) is 9.18 Å². The fourth-order valence-electron chi connectivity index (χ4n) is 5.83. The van der Waals surface area contributed by atoms with Crippen LogP contribution in [0.25, 0.3) is 11.0 Å². The second-order valence-corrected chi connectivity index (χ2v) is 12.3. The van der Waals surface area contributed by atoms with Crippen molar-refractivity contribution >= 4 is 23.0 Å². The van der Waals surface area contributed by atoms with E-state index in [1.807, 2.05) is 6.92 Å². The molecule has 0 spiro atoms. The van der Waals surface area contributed by atoms with E-state index in [9.17, 15) is 9.59 Å². The molecule has 5 rings (SSSR count). The SMILES string of the molecule is CCc1nocc1C(=O)NC(c1nc2c(F)c([C@H]3COCCN3C(=O)OC(C)(C)C)ccc2[nH]1)C1CCC(C)CC1. The number of carbonyl (C=O) groups is 2. The molecule has 41 heavy (non-hydrogen) atoms. The number of aryl methyl sites for hydroxylation is 1. The first-order valence-corrected chi connectivity index (χ1v) is 14.5. The molecule has 1 saturated carbocycles. The van der Waals surface area contributed by atoms with Crippen LogP contribution in [0.1, 0.15) is 99.8 Å². The van der Waals surface area contributed by atoms with Gasteiger partial charge in [0.2, 0.25) is 0 Å². The lowest BCUT2D eigenvalue weighted by Crippen LogP contribution is -2.46. The van der Waals surface area contributed by atoms with Gasteiger partial charge < -0.3 is 24.3 Å². The van der Waals surface area contributed by atoms with Gasteiger partial charge in [-0.05, 0) is 57.9 Å². The normalized spacial score (nSPS) is 22.5. The predicted octanol–water partition coefficient (Wildman–Crippen LogP) is 5.86. The van der Waals surface area contributed by atoms with Gasteiger partial charge in [-0.1, -0.05) is 37.9 Å². The Bertz CT molecular complexity index is 1390. The van der Waals surface area contributed by atoms with E-state index < -0.39 is 29.6 Å². The number of amides is 2. The molecule has 2 atom stereocenters. The highest BCUT2D eigenvalue weighted by Gasteiger charge is 2.36. The number of benzene rings is 1. The molecule has 1 unspecified atom stereocenters. The van der Waals surface area contributed by atoms with Gasteiger partial charge in [-0.3, -0.25) is 9.69 Å². The van der Waals surface area contributed by atoms with Gasteiger partial charge in [-0.15, -0.1) is 0 Å². The van der Waals surface area contributed by atoms with Crippen molar-refractivity contribution in [1.29, 1.82) is 0 Å². The molecule has 2 fully saturated rings. The number of carbonyl (C=O) groups excluding carboxylic acids is 2. The summed E-state index contributed by atoms with van der Waals surface area (Å²) in [7, 11) is 0. The van der Waals surface area contributed by atoms with E-state index in [1.54, 1.807) is 32.9 Å². The van der Waals surface area contributed by atoms with E-state index in [4.69, 9.17) is 19.0 Å². The van der Waals surface area contributed by atoms with Crippen LogP contribution in [0.15, 0.2) is 22.9 Å². The lowest BCUT2D eigenvalue weighted by atomic mass is 9.79. The zero-order valence-corrected chi connectivity index (χ0v) is 24.5. The molecular formula is C30H40FN5O5. The second-order valence-electron chi connectivity index (χ2n) is 12.3. The third-order valence-electron chi connectivity index (χ3n) is 8.09. The van der Waals surface area contributed by atoms with Gasteiger partial charge in [0.25, 0.3) is 5.91 Å². The van der Waals surface area contributed by atoms with Gasteiger partial charge in [0.1, 0.15) is 28.8 Å². The van der Waals surface area contributed by atoms with Gasteiger partial charge >= 0.3 is 6.09 Å². The van der Waals surface area contributed by atoms with Gasteiger partial charge in [-0.2, -0.15) is 0 Å². The average Bonchev–Trinajstić information content (AvgIpc) is 3.59. The van der Waals surface area contributed by atoms with Crippen molar-refractivity contribution in [2.45, 2.75) is 84.4 Å². The van der Waals surface area contributed by atoms with Crippen LogP contribution < -0.4 is 5.32 Å². The Balaban J connectivity index is 1.47. The summed E-state index contributed by atoms with van der Waals surface area (Å²) < 4.78 is 32.4. The zero-order valence-electron chi connectivity index (χ0n) is 24.5. The molecular weight excluding hydrogens is 529 g/mol. The molecule has 11 heteroatoms. The third kappa shape index (κ3) is 6.24. The molecule has 2 aliphatic rings. The highest BCUT2D eigenvalue weighted by molar-refractivity contribution is 5.95. The van der Waals surface area contributed by atoms with Crippen molar-refractivity contribution in [2.24, 2.45) is 11.8 Å². The van der Waals surface area contributed by atoms with Crippen molar-refractivity contribution in [1.82, 2.24) is 25.3 Å². The number of H-pyrrole nitrogens is 1. The Labute approximate surface area is 239 Å². The maximum atomic E-state index is 16.2. The average molecular weight is 570 g/mol. The summed E-state index contributed by atoms with van der Waals surface area (Å²) >= 11 is 0. The van der Waals surface area contributed by atoms with Crippen LogP contribution in [-0.2, 0) is 15.9 Å². The first-order valence-electron chi connectivity index (χ1n) is 14.5. The number of rotatable bonds is 6. The molecule has 2 N–H and O–H groups in total. The number of hydrogen-bond donors (Lipinski definition) is 2. The highest BCUT2D eigenvalue weighted by atomic mass is 19.1. The third-order valence-corrected chi connectivity index (χ3v) is 8.09. The van der Waals surface area contributed by atoms with Crippen molar-refractivity contribution in [3.8, 4) is 0 Å². The number of halogens is 1. The topological polar surface area (TPSA) is 123 Å². The Kier molecular flexibility index (Phi) is 8.35. The quantitative estimate of drug-likeness (QED) is 0.381. The molecule has 1 aromatic carbocycles. The van der Waals surface area contributed by atoms with Crippen molar-refractivity contribution in [3.63, 3.8) is 0 Å². The summed E-state index contributed by atoms with van der Waals surface area (Å²) in [6.45, 7) is 10.3. The van der Waals surface area contributed by atoms with Gasteiger partial charge in [0, 0.05) is 12.1 Å². The van der Waals surface area contributed by atoms with E-state index in [2.05, 4.69) is 22.4 Å². The van der Waals surface area contributed by atoms with Crippen molar-refractivity contribution < 1.29 is 28.0 Å². The van der Waals surface area contributed by atoms with Crippen LogP contribution in [0, 0.1) is 17.7 Å². The molecule has 1 aliphatic carbocycles. The number of nitrogens with zero attached hydrogens (tertiary/aromatic N) is 3. The number of ether oxygens (including phenoxy) is 2. The molecule has 0 radical (unpaired) electrons. The maximum absolute atomic E-state index is 16.2. The second kappa shape index (κ2) is 11.8. The summed E-state index contributed by atoms with van der Waals surface area (Å²) in [5.74, 6) is 0.443. The van der Waals surface area contributed by atoms with Gasteiger partial charge in [0.05, 0.1) is 36.5 Å². The van der Waals surface area contributed by atoms with E-state index >= 15 is 4.39 Å². The lowest BCUT2D eigenvalue weighted by molar-refractivity contribution is -0.0337. The Hall–Kier alpha value is -3.47.